The average Bonchev–Trinajstić information content (AvgIpc) is 3.12. The molecule has 0 saturated heterocycles. The summed E-state index contributed by atoms with van der Waals surface area (Å²) in [4.78, 5) is 28.3. The lowest BCUT2D eigenvalue weighted by molar-refractivity contribution is -0.120. The lowest BCUT2D eigenvalue weighted by Gasteiger charge is -2.17. The average molecular weight is 372 g/mol. The molecule has 2 N–H and O–H groups in total. The number of sulfone groups is 1. The van der Waals surface area contributed by atoms with Crippen molar-refractivity contribution in [1.82, 2.24) is 20.2 Å². The Labute approximate surface area is 147 Å². The highest BCUT2D eigenvalue weighted by atomic mass is 32.2. The molecule has 0 saturated carbocycles. The Morgan fingerprint density at radius 1 is 1.40 bits per heavy atom. The highest BCUT2D eigenvalue weighted by Gasteiger charge is 2.28. The fraction of sp³-hybridized carbons (Fsp3) is 0.667. The molecule has 0 aromatic carbocycles. The zero-order valence-corrected chi connectivity index (χ0v) is 15.3. The van der Waals surface area contributed by atoms with Gasteiger partial charge >= 0.3 is 0 Å². The van der Waals surface area contributed by atoms with Crippen molar-refractivity contribution in [3.8, 4) is 0 Å². The maximum atomic E-state index is 12.3. The molecule has 25 heavy (non-hydrogen) atoms. The van der Waals surface area contributed by atoms with Crippen molar-refractivity contribution in [2.45, 2.75) is 25.3 Å². The molecule has 1 aromatic heterocycles. The number of aromatic nitrogens is 2. The third kappa shape index (κ3) is 5.53. The predicted molar refractivity (Wildman–Crippen MR) is 91.1 cm³/mol. The molecule has 0 radical (unpaired) electrons. The molecule has 0 bridgehead atoms. The Morgan fingerprint density at radius 2 is 2.16 bits per heavy atom. The van der Waals surface area contributed by atoms with Crippen LogP contribution in [-0.2, 0) is 25.8 Å². The Bertz CT molecular complexity index is 728. The lowest BCUT2D eigenvalue weighted by Crippen LogP contribution is -2.33. The number of carbonyl (C=O) groups is 2. The Hall–Kier alpha value is -1.94. The number of hydrogen-bond donors (Lipinski definition) is 2. The summed E-state index contributed by atoms with van der Waals surface area (Å²) in [5.74, 6) is 0.0935. The molecule has 0 aliphatic carbocycles. The van der Waals surface area contributed by atoms with Crippen LogP contribution in [0.5, 0.6) is 0 Å². The van der Waals surface area contributed by atoms with E-state index in [-0.39, 0.29) is 30.0 Å². The molecule has 0 spiro atoms. The van der Waals surface area contributed by atoms with Crippen molar-refractivity contribution < 1.29 is 22.7 Å². The number of carbonyl (C=O) groups excluding carboxylic acids is 2. The van der Waals surface area contributed by atoms with E-state index < -0.39 is 9.84 Å². The first-order valence-electron chi connectivity index (χ1n) is 8.09. The molecule has 1 aromatic rings. The predicted octanol–water partition coefficient (Wildman–Crippen LogP) is -0.702. The van der Waals surface area contributed by atoms with E-state index in [0.717, 1.165) is 24.9 Å². The van der Waals surface area contributed by atoms with Gasteiger partial charge in [0.25, 0.3) is 5.91 Å². The van der Waals surface area contributed by atoms with Gasteiger partial charge in [0.2, 0.25) is 5.91 Å². The third-order valence-electron chi connectivity index (χ3n) is 4.00. The largest absolute Gasteiger partial charge is 0.383 e. The van der Waals surface area contributed by atoms with E-state index in [4.69, 9.17) is 4.74 Å². The van der Waals surface area contributed by atoms with E-state index in [9.17, 15) is 18.0 Å². The van der Waals surface area contributed by atoms with Crippen molar-refractivity contribution in [2.24, 2.45) is 0 Å². The fourth-order valence-corrected chi connectivity index (χ4v) is 3.29. The van der Waals surface area contributed by atoms with E-state index >= 15 is 0 Å². The van der Waals surface area contributed by atoms with E-state index in [0.29, 0.717) is 25.4 Å². The van der Waals surface area contributed by atoms with Crippen LogP contribution in [-0.4, -0.2) is 68.6 Å². The quantitative estimate of drug-likeness (QED) is 0.553. The summed E-state index contributed by atoms with van der Waals surface area (Å²) < 4.78 is 29.0. The molecular formula is C15H24N4O5S. The molecule has 10 heteroatoms. The third-order valence-corrected chi connectivity index (χ3v) is 4.94. The second kappa shape index (κ2) is 8.43. The Morgan fingerprint density at radius 3 is 2.84 bits per heavy atom. The number of nitrogens with zero attached hydrogens (tertiary/aromatic N) is 2. The molecular weight excluding hydrogens is 348 g/mol. The maximum Gasteiger partial charge on any atom is 0.269 e. The monoisotopic (exact) mass is 372 g/mol. The Balaban J connectivity index is 1.93. The zero-order valence-electron chi connectivity index (χ0n) is 14.4. The standard InChI is InChI=1S/C15H24N4O5S/c1-24-7-6-16-15(21)12-10-17-13-4-3-11(19(12)13)9-18-14(20)5-8-25(2,22)23/h10-11H,3-9H2,1-2H3,(H,16,21)(H,18,20). The number of methoxy groups -OCH3 is 1. The van der Waals surface area contributed by atoms with Gasteiger partial charge in [-0.1, -0.05) is 0 Å². The molecule has 2 rings (SSSR count). The van der Waals surface area contributed by atoms with Crippen LogP contribution in [0.2, 0.25) is 0 Å². The minimum absolute atomic E-state index is 0.0628. The van der Waals surface area contributed by atoms with Gasteiger partial charge in [-0.2, -0.15) is 0 Å². The van der Waals surface area contributed by atoms with E-state index in [2.05, 4.69) is 15.6 Å². The topological polar surface area (TPSA) is 119 Å². The molecule has 9 nitrogen and oxygen atoms in total. The van der Waals surface area contributed by atoms with Gasteiger partial charge in [-0.05, 0) is 6.42 Å². The van der Waals surface area contributed by atoms with Crippen molar-refractivity contribution in [1.29, 1.82) is 0 Å². The van der Waals surface area contributed by atoms with Gasteiger partial charge in [-0.25, -0.2) is 13.4 Å². The summed E-state index contributed by atoms with van der Waals surface area (Å²) in [6.07, 6.45) is 4.08. The van der Waals surface area contributed by atoms with Crippen molar-refractivity contribution in [3.63, 3.8) is 0 Å². The molecule has 1 unspecified atom stereocenters. The van der Waals surface area contributed by atoms with E-state index in [1.165, 1.54) is 6.20 Å². The first kappa shape index (κ1) is 19.4. The normalized spacial score (nSPS) is 16.5. The minimum Gasteiger partial charge on any atom is -0.383 e. The fourth-order valence-electron chi connectivity index (χ4n) is 2.73. The zero-order chi connectivity index (χ0) is 18.4. The smallest absolute Gasteiger partial charge is 0.269 e. The van der Waals surface area contributed by atoms with Gasteiger partial charge in [0.1, 0.15) is 21.4 Å². The number of amides is 2. The first-order chi connectivity index (χ1) is 11.8. The second-order valence-corrected chi connectivity index (χ2v) is 8.31. The van der Waals surface area contributed by atoms with E-state index in [1.807, 2.05) is 4.57 Å². The molecule has 2 amide bonds. The number of fused-ring (bicyclic) bond motifs is 1. The van der Waals surface area contributed by atoms with Gasteiger partial charge in [0.05, 0.1) is 24.6 Å². The summed E-state index contributed by atoms with van der Waals surface area (Å²) in [5, 5.41) is 5.50. The first-order valence-corrected chi connectivity index (χ1v) is 10.2. The summed E-state index contributed by atoms with van der Waals surface area (Å²) in [5.41, 5.74) is 0.457. The SMILES string of the molecule is COCCNC(=O)c1cnc2n1C(CNC(=O)CCS(C)(=O)=O)CC2. The van der Waals surface area contributed by atoms with Crippen LogP contribution in [0.1, 0.15) is 35.2 Å². The number of rotatable bonds is 9. The number of imidazole rings is 1. The van der Waals surface area contributed by atoms with Gasteiger partial charge in [0.15, 0.2) is 0 Å². The van der Waals surface area contributed by atoms with Crippen LogP contribution < -0.4 is 10.6 Å². The molecule has 1 atom stereocenters. The number of nitrogens with one attached hydrogen (secondary N) is 2. The van der Waals surface area contributed by atoms with Crippen molar-refractivity contribution in [3.05, 3.63) is 17.7 Å². The van der Waals surface area contributed by atoms with Gasteiger partial charge in [0, 0.05) is 39.3 Å². The summed E-state index contributed by atoms with van der Waals surface area (Å²) in [7, 11) is -1.60. The van der Waals surface area contributed by atoms with Crippen LogP contribution in [0, 0.1) is 0 Å². The lowest BCUT2D eigenvalue weighted by atomic mass is 10.2. The van der Waals surface area contributed by atoms with Crippen LogP contribution in [0.15, 0.2) is 6.20 Å². The summed E-state index contributed by atoms with van der Waals surface area (Å²) >= 11 is 0. The number of hydrogen-bond acceptors (Lipinski definition) is 6. The summed E-state index contributed by atoms with van der Waals surface area (Å²) in [6.45, 7) is 1.17. The molecule has 1 aliphatic heterocycles. The highest BCUT2D eigenvalue weighted by molar-refractivity contribution is 7.90. The van der Waals surface area contributed by atoms with Crippen LogP contribution in [0.4, 0.5) is 0 Å². The molecule has 2 heterocycles. The Kier molecular flexibility index (Phi) is 6.54. The van der Waals surface area contributed by atoms with Gasteiger partial charge in [-0.3, -0.25) is 9.59 Å². The number of aryl methyl sites for hydroxylation is 1. The van der Waals surface area contributed by atoms with Crippen molar-refractivity contribution in [2.75, 3.05) is 38.8 Å². The van der Waals surface area contributed by atoms with Gasteiger partial charge in [-0.15, -0.1) is 0 Å². The van der Waals surface area contributed by atoms with Gasteiger partial charge < -0.3 is 19.9 Å². The minimum atomic E-state index is -3.16. The van der Waals surface area contributed by atoms with Crippen molar-refractivity contribution >= 4 is 21.7 Å². The maximum absolute atomic E-state index is 12.3. The summed E-state index contributed by atoms with van der Waals surface area (Å²) in [6, 6.07) is -0.0668. The highest BCUT2D eigenvalue weighted by Crippen LogP contribution is 2.26. The molecule has 140 valence electrons. The molecule has 1 aliphatic rings. The van der Waals surface area contributed by atoms with E-state index in [1.54, 1.807) is 7.11 Å². The van der Waals surface area contributed by atoms with Crippen LogP contribution >= 0.6 is 0 Å². The number of ether oxygens (including phenoxy) is 1. The van der Waals surface area contributed by atoms with Crippen LogP contribution in [0.25, 0.3) is 0 Å². The second-order valence-electron chi connectivity index (χ2n) is 6.05. The van der Waals surface area contributed by atoms with Crippen LogP contribution in [0.3, 0.4) is 0 Å². The molecule has 0 fully saturated rings.